The van der Waals surface area contributed by atoms with Gasteiger partial charge in [0.1, 0.15) is 12.3 Å². The highest BCUT2D eigenvalue weighted by Crippen LogP contribution is 2.33. The molecule has 0 saturated heterocycles. The Morgan fingerprint density at radius 3 is 2.29 bits per heavy atom. The number of halogens is 2. The van der Waals surface area contributed by atoms with Crippen molar-refractivity contribution in [3.8, 4) is 11.4 Å². The number of carbonyl (C=O) groups excluding carboxylic acids is 1. The summed E-state index contributed by atoms with van der Waals surface area (Å²) >= 11 is 12.3. The summed E-state index contributed by atoms with van der Waals surface area (Å²) in [5, 5.41) is 5.02. The van der Waals surface area contributed by atoms with Gasteiger partial charge in [-0.05, 0) is 81.8 Å². The quantitative estimate of drug-likeness (QED) is 0.175. The smallest absolute Gasteiger partial charge is 0.264 e. The highest BCUT2D eigenvalue weighted by atomic mass is 35.5. The van der Waals surface area contributed by atoms with Gasteiger partial charge in [0.2, 0.25) is 0 Å². The maximum Gasteiger partial charge on any atom is 0.264 e. The van der Waals surface area contributed by atoms with Crippen LogP contribution in [0.4, 0.5) is 5.69 Å². The number of hydrogen-bond donors (Lipinski definition) is 1. The van der Waals surface area contributed by atoms with E-state index in [1.54, 1.807) is 42.5 Å². The molecular weight excluding hydrogens is 583 g/mol. The van der Waals surface area contributed by atoms with E-state index >= 15 is 0 Å². The molecule has 4 rings (SSSR count). The van der Waals surface area contributed by atoms with Gasteiger partial charge in [-0.1, -0.05) is 47.0 Å². The molecule has 1 aromatic heterocycles. The zero-order chi connectivity index (χ0) is 29.9. The first-order chi connectivity index (χ1) is 19.4. The van der Waals surface area contributed by atoms with Crippen molar-refractivity contribution in [3.63, 3.8) is 0 Å². The third-order valence-electron chi connectivity index (χ3n) is 6.52. The van der Waals surface area contributed by atoms with Crippen molar-refractivity contribution in [2.24, 2.45) is 5.10 Å². The summed E-state index contributed by atoms with van der Waals surface area (Å²) < 4.78 is 36.0. The van der Waals surface area contributed by atoms with Crippen molar-refractivity contribution >= 4 is 51.0 Å². The molecule has 0 aliphatic heterocycles. The first-order valence-corrected chi connectivity index (χ1v) is 14.8. The van der Waals surface area contributed by atoms with Crippen molar-refractivity contribution in [2.75, 3.05) is 18.0 Å². The number of benzene rings is 3. The summed E-state index contributed by atoms with van der Waals surface area (Å²) in [7, 11) is -2.67. The van der Waals surface area contributed by atoms with Crippen molar-refractivity contribution in [1.82, 2.24) is 9.99 Å². The Labute approximate surface area is 250 Å². The van der Waals surface area contributed by atoms with E-state index in [0.717, 1.165) is 38.1 Å². The largest absolute Gasteiger partial charge is 0.495 e. The van der Waals surface area contributed by atoms with Gasteiger partial charge in [0.05, 0.1) is 34.0 Å². The van der Waals surface area contributed by atoms with E-state index in [2.05, 4.69) is 10.5 Å². The number of amides is 1. The van der Waals surface area contributed by atoms with Crippen LogP contribution in [0.15, 0.2) is 76.7 Å². The molecule has 1 amide bonds. The van der Waals surface area contributed by atoms with Gasteiger partial charge >= 0.3 is 0 Å². The Morgan fingerprint density at radius 1 is 0.951 bits per heavy atom. The molecule has 41 heavy (non-hydrogen) atoms. The fourth-order valence-electron chi connectivity index (χ4n) is 4.41. The van der Waals surface area contributed by atoms with Crippen LogP contribution in [-0.4, -0.2) is 38.8 Å². The Morgan fingerprint density at radius 2 is 1.63 bits per heavy atom. The maximum atomic E-state index is 13.8. The number of carbonyl (C=O) groups is 1. The van der Waals surface area contributed by atoms with Crippen LogP contribution in [0.2, 0.25) is 10.0 Å². The number of methoxy groups -OCH3 is 1. The molecule has 0 aliphatic carbocycles. The molecular formula is C30H30Cl2N4O4S. The minimum atomic E-state index is -4.12. The predicted octanol–water partition coefficient (Wildman–Crippen LogP) is 6.37. The zero-order valence-corrected chi connectivity index (χ0v) is 25.6. The molecule has 1 heterocycles. The number of ether oxygens (including phenoxy) is 1. The van der Waals surface area contributed by atoms with Gasteiger partial charge in [-0.2, -0.15) is 5.10 Å². The van der Waals surface area contributed by atoms with E-state index in [0.29, 0.717) is 15.8 Å². The van der Waals surface area contributed by atoms with Gasteiger partial charge in [-0.3, -0.25) is 9.10 Å². The molecule has 11 heteroatoms. The normalized spacial score (nSPS) is 11.6. The summed E-state index contributed by atoms with van der Waals surface area (Å²) in [4.78, 5) is 13.1. The van der Waals surface area contributed by atoms with Gasteiger partial charge in [0, 0.05) is 22.6 Å². The molecule has 0 spiro atoms. The van der Waals surface area contributed by atoms with Crippen LogP contribution in [0.5, 0.6) is 5.75 Å². The molecule has 4 aromatic rings. The molecule has 214 valence electrons. The van der Waals surface area contributed by atoms with Crippen LogP contribution >= 0.6 is 23.2 Å². The van der Waals surface area contributed by atoms with Crippen LogP contribution in [0.1, 0.15) is 28.1 Å². The Kier molecular flexibility index (Phi) is 9.11. The fourth-order valence-corrected chi connectivity index (χ4v) is 6.13. The average molecular weight is 614 g/mol. The Balaban J connectivity index is 1.60. The fraction of sp³-hybridized carbons (Fsp3) is 0.200. The molecule has 0 atom stereocenters. The second-order valence-corrected chi connectivity index (χ2v) is 12.2. The van der Waals surface area contributed by atoms with E-state index in [4.69, 9.17) is 27.9 Å². The molecule has 3 aromatic carbocycles. The van der Waals surface area contributed by atoms with Gasteiger partial charge < -0.3 is 9.30 Å². The first-order valence-electron chi connectivity index (χ1n) is 12.6. The number of nitrogens with one attached hydrogen (secondary N) is 1. The first kappa shape index (κ1) is 30.2. The third kappa shape index (κ3) is 6.59. The van der Waals surface area contributed by atoms with E-state index in [-0.39, 0.29) is 10.6 Å². The minimum Gasteiger partial charge on any atom is -0.495 e. The highest BCUT2D eigenvalue weighted by molar-refractivity contribution is 7.92. The summed E-state index contributed by atoms with van der Waals surface area (Å²) in [5.41, 5.74) is 7.82. The zero-order valence-electron chi connectivity index (χ0n) is 23.3. The van der Waals surface area contributed by atoms with Crippen LogP contribution in [0.3, 0.4) is 0 Å². The number of rotatable bonds is 9. The lowest BCUT2D eigenvalue weighted by Gasteiger charge is -2.25. The molecule has 8 nitrogen and oxygen atoms in total. The van der Waals surface area contributed by atoms with Gasteiger partial charge in [0.15, 0.2) is 0 Å². The summed E-state index contributed by atoms with van der Waals surface area (Å²) in [6.07, 6.45) is 1.51. The molecule has 0 unspecified atom stereocenters. The van der Waals surface area contributed by atoms with Gasteiger partial charge in [-0.15, -0.1) is 0 Å². The van der Waals surface area contributed by atoms with Gasteiger partial charge in [0.25, 0.3) is 15.9 Å². The molecule has 0 saturated carbocycles. The van der Waals surface area contributed by atoms with Crippen LogP contribution in [0, 0.1) is 27.7 Å². The van der Waals surface area contributed by atoms with E-state index in [1.807, 2.05) is 44.4 Å². The SMILES string of the molecule is COc1ccc(C)cc1N(CC(=O)N/N=C\c1cc(C)n(-c2ccc(Cl)c(Cl)c2)c1C)S(=O)(=O)c1ccc(C)cc1. The van der Waals surface area contributed by atoms with Crippen LogP contribution in [-0.2, 0) is 14.8 Å². The summed E-state index contributed by atoms with van der Waals surface area (Å²) in [6.45, 7) is 7.03. The lowest BCUT2D eigenvalue weighted by Crippen LogP contribution is -2.39. The lowest BCUT2D eigenvalue weighted by molar-refractivity contribution is -0.119. The number of aryl methyl sites for hydroxylation is 3. The van der Waals surface area contributed by atoms with Crippen LogP contribution in [0.25, 0.3) is 5.69 Å². The molecule has 0 radical (unpaired) electrons. The Bertz CT molecular complexity index is 1730. The second-order valence-electron chi connectivity index (χ2n) is 9.55. The summed E-state index contributed by atoms with van der Waals surface area (Å²) in [5.74, 6) is -0.309. The molecule has 0 aliphatic rings. The number of hydrazone groups is 1. The van der Waals surface area contributed by atoms with Crippen molar-refractivity contribution in [1.29, 1.82) is 0 Å². The standard InChI is InChI=1S/C30H30Cl2N4O4S/c1-19-6-10-25(11-7-19)41(38,39)35(28-14-20(2)8-13-29(28)40-5)18-30(37)34-33-17-23-15-21(3)36(22(23)4)24-9-12-26(31)27(32)16-24/h6-17H,18H2,1-5H3,(H,34,37)/b33-17-. The number of aromatic nitrogens is 1. The molecule has 0 bridgehead atoms. The van der Waals surface area contributed by atoms with Gasteiger partial charge in [-0.25, -0.2) is 13.8 Å². The van der Waals surface area contributed by atoms with Crippen molar-refractivity contribution in [2.45, 2.75) is 32.6 Å². The highest BCUT2D eigenvalue weighted by Gasteiger charge is 2.29. The number of nitrogens with zero attached hydrogens (tertiary/aromatic N) is 3. The monoisotopic (exact) mass is 612 g/mol. The molecule has 0 fully saturated rings. The van der Waals surface area contributed by atoms with E-state index in [1.165, 1.54) is 25.5 Å². The average Bonchev–Trinajstić information content (AvgIpc) is 3.21. The number of hydrogen-bond acceptors (Lipinski definition) is 5. The van der Waals surface area contributed by atoms with E-state index < -0.39 is 22.5 Å². The topological polar surface area (TPSA) is 93.0 Å². The third-order valence-corrected chi connectivity index (χ3v) is 9.04. The number of sulfonamides is 1. The lowest BCUT2D eigenvalue weighted by atomic mass is 10.2. The number of anilines is 1. The maximum absolute atomic E-state index is 13.8. The summed E-state index contributed by atoms with van der Waals surface area (Å²) in [6, 6.07) is 18.9. The van der Waals surface area contributed by atoms with Crippen LogP contribution < -0.4 is 14.5 Å². The predicted molar refractivity (Wildman–Crippen MR) is 164 cm³/mol. The van der Waals surface area contributed by atoms with Crippen molar-refractivity contribution in [3.05, 3.63) is 105 Å². The Hall–Kier alpha value is -3.79. The molecule has 1 N–H and O–H groups in total. The second kappa shape index (κ2) is 12.4. The minimum absolute atomic E-state index is 0.0534. The van der Waals surface area contributed by atoms with E-state index in [9.17, 15) is 13.2 Å². The van der Waals surface area contributed by atoms with Crippen molar-refractivity contribution < 1.29 is 17.9 Å².